The second-order valence-electron chi connectivity index (χ2n) is 4.95. The fourth-order valence-electron chi connectivity index (χ4n) is 1.28. The Morgan fingerprint density at radius 3 is 2.26 bits per heavy atom. The molecule has 0 fully saturated rings. The Labute approximate surface area is 122 Å². The first-order chi connectivity index (χ1) is 8.50. The molecule has 0 saturated carbocycles. The quantitative estimate of drug-likeness (QED) is 0.754. The molecule has 0 bridgehead atoms. The van der Waals surface area contributed by atoms with Gasteiger partial charge in [-0.15, -0.1) is 0 Å². The molecule has 0 radical (unpaired) electrons. The van der Waals surface area contributed by atoms with E-state index < -0.39 is 12.8 Å². The monoisotopic (exact) mass is 360 g/mol. The summed E-state index contributed by atoms with van der Waals surface area (Å²) in [5.74, 6) is 0.127. The van der Waals surface area contributed by atoms with Crippen molar-refractivity contribution in [3.8, 4) is 0 Å². The van der Waals surface area contributed by atoms with Gasteiger partial charge in [0, 0.05) is 5.41 Å². The SMILES string of the molecule is CC(C)(C)c1nc(COCC(F)(F)F)nc(Cl)c1Br. The van der Waals surface area contributed by atoms with Crippen molar-refractivity contribution in [2.45, 2.75) is 39.0 Å². The average molecular weight is 362 g/mol. The van der Waals surface area contributed by atoms with Crippen LogP contribution in [0.2, 0.25) is 5.15 Å². The maximum Gasteiger partial charge on any atom is 0.411 e. The molecule has 0 spiro atoms. The Balaban J connectivity index is 2.89. The maximum atomic E-state index is 12.0. The van der Waals surface area contributed by atoms with Gasteiger partial charge < -0.3 is 4.74 Å². The molecule has 108 valence electrons. The lowest BCUT2D eigenvalue weighted by atomic mass is 9.92. The molecular formula is C11H13BrClF3N2O. The number of nitrogens with zero attached hydrogens (tertiary/aromatic N) is 2. The van der Waals surface area contributed by atoms with E-state index in [0.717, 1.165) is 0 Å². The first kappa shape index (κ1) is 16.7. The van der Waals surface area contributed by atoms with Crippen molar-refractivity contribution in [3.63, 3.8) is 0 Å². The van der Waals surface area contributed by atoms with Crippen LogP contribution in [0.3, 0.4) is 0 Å². The normalized spacial score (nSPS) is 12.8. The Morgan fingerprint density at radius 2 is 1.79 bits per heavy atom. The van der Waals surface area contributed by atoms with E-state index in [1.54, 1.807) is 0 Å². The molecule has 0 aromatic carbocycles. The van der Waals surface area contributed by atoms with Crippen LogP contribution in [-0.4, -0.2) is 22.8 Å². The van der Waals surface area contributed by atoms with Crippen LogP contribution in [0.25, 0.3) is 0 Å². The minimum atomic E-state index is -4.37. The van der Waals surface area contributed by atoms with Crippen LogP contribution < -0.4 is 0 Å². The summed E-state index contributed by atoms with van der Waals surface area (Å²) >= 11 is 9.19. The van der Waals surface area contributed by atoms with Gasteiger partial charge >= 0.3 is 6.18 Å². The van der Waals surface area contributed by atoms with Gasteiger partial charge in [0.1, 0.15) is 18.4 Å². The molecule has 0 saturated heterocycles. The van der Waals surface area contributed by atoms with E-state index in [4.69, 9.17) is 11.6 Å². The summed E-state index contributed by atoms with van der Waals surface area (Å²) in [6.45, 7) is 4.06. The first-order valence-corrected chi connectivity index (χ1v) is 6.54. The molecule has 19 heavy (non-hydrogen) atoms. The number of hydrogen-bond donors (Lipinski definition) is 0. The van der Waals surface area contributed by atoms with Crippen molar-refractivity contribution >= 4 is 27.5 Å². The highest BCUT2D eigenvalue weighted by molar-refractivity contribution is 9.10. The molecule has 1 aromatic heterocycles. The Morgan fingerprint density at radius 1 is 1.21 bits per heavy atom. The minimum absolute atomic E-state index is 0.127. The van der Waals surface area contributed by atoms with Gasteiger partial charge in [-0.05, 0) is 15.9 Å². The average Bonchev–Trinajstić information content (AvgIpc) is 2.19. The van der Waals surface area contributed by atoms with Gasteiger partial charge in [-0.2, -0.15) is 13.2 Å². The van der Waals surface area contributed by atoms with Gasteiger partial charge in [-0.1, -0.05) is 32.4 Å². The first-order valence-electron chi connectivity index (χ1n) is 5.37. The molecule has 1 rings (SSSR count). The van der Waals surface area contributed by atoms with Gasteiger partial charge in [-0.25, -0.2) is 9.97 Å². The highest BCUT2D eigenvalue weighted by Gasteiger charge is 2.28. The lowest BCUT2D eigenvalue weighted by Gasteiger charge is -2.20. The molecule has 0 atom stereocenters. The van der Waals surface area contributed by atoms with Crippen molar-refractivity contribution in [3.05, 3.63) is 21.1 Å². The lowest BCUT2D eigenvalue weighted by Crippen LogP contribution is -2.19. The second kappa shape index (κ2) is 5.93. The van der Waals surface area contributed by atoms with Gasteiger partial charge in [0.25, 0.3) is 0 Å². The Kier molecular flexibility index (Phi) is 5.20. The zero-order valence-corrected chi connectivity index (χ0v) is 12.9. The summed E-state index contributed by atoms with van der Waals surface area (Å²) in [6.07, 6.45) is -4.37. The van der Waals surface area contributed by atoms with Crippen LogP contribution in [0.4, 0.5) is 13.2 Å². The molecule has 3 nitrogen and oxygen atoms in total. The molecule has 1 aromatic rings. The summed E-state index contributed by atoms with van der Waals surface area (Å²) in [4.78, 5) is 8.07. The molecule has 0 unspecified atom stereocenters. The second-order valence-corrected chi connectivity index (χ2v) is 6.10. The Bertz CT molecular complexity index is 460. The predicted molar refractivity (Wildman–Crippen MR) is 69.2 cm³/mol. The predicted octanol–water partition coefficient (Wildman–Crippen LogP) is 4.27. The van der Waals surface area contributed by atoms with Crippen LogP contribution in [0, 0.1) is 0 Å². The fraction of sp³-hybridized carbons (Fsp3) is 0.636. The molecule has 0 aliphatic heterocycles. The van der Waals surface area contributed by atoms with E-state index in [-0.39, 0.29) is 23.0 Å². The van der Waals surface area contributed by atoms with Crippen LogP contribution in [-0.2, 0) is 16.8 Å². The van der Waals surface area contributed by atoms with Crippen LogP contribution in [0.1, 0.15) is 32.3 Å². The van der Waals surface area contributed by atoms with Crippen LogP contribution in [0.5, 0.6) is 0 Å². The zero-order chi connectivity index (χ0) is 14.8. The molecule has 0 aliphatic carbocycles. The van der Waals surface area contributed by atoms with E-state index in [9.17, 15) is 13.2 Å². The van der Waals surface area contributed by atoms with Crippen molar-refractivity contribution in [2.75, 3.05) is 6.61 Å². The third-order valence-electron chi connectivity index (χ3n) is 2.06. The number of ether oxygens (including phenoxy) is 1. The highest BCUT2D eigenvalue weighted by atomic mass is 79.9. The fourth-order valence-corrected chi connectivity index (χ4v) is 2.24. The summed E-state index contributed by atoms with van der Waals surface area (Å²) in [5, 5.41) is 0.158. The molecule has 0 amide bonds. The maximum absolute atomic E-state index is 12.0. The number of alkyl halides is 3. The highest BCUT2D eigenvalue weighted by Crippen LogP contribution is 2.32. The topological polar surface area (TPSA) is 35.0 Å². The number of rotatable bonds is 3. The van der Waals surface area contributed by atoms with Crippen LogP contribution in [0.15, 0.2) is 4.47 Å². The van der Waals surface area contributed by atoms with Crippen LogP contribution >= 0.6 is 27.5 Å². The van der Waals surface area contributed by atoms with E-state index in [2.05, 4.69) is 30.6 Å². The molecule has 0 N–H and O–H groups in total. The smallest absolute Gasteiger partial charge is 0.364 e. The van der Waals surface area contributed by atoms with Crippen molar-refractivity contribution in [1.82, 2.24) is 9.97 Å². The van der Waals surface area contributed by atoms with E-state index in [1.807, 2.05) is 20.8 Å². The number of halogens is 5. The van der Waals surface area contributed by atoms with E-state index in [0.29, 0.717) is 10.2 Å². The third kappa shape index (κ3) is 5.24. The van der Waals surface area contributed by atoms with Crippen molar-refractivity contribution in [1.29, 1.82) is 0 Å². The summed E-state index contributed by atoms with van der Waals surface area (Å²) < 4.78 is 41.0. The molecule has 0 aliphatic rings. The summed E-state index contributed by atoms with van der Waals surface area (Å²) in [6, 6.07) is 0. The summed E-state index contributed by atoms with van der Waals surface area (Å²) in [7, 11) is 0. The summed E-state index contributed by atoms with van der Waals surface area (Å²) in [5.41, 5.74) is 0.308. The zero-order valence-electron chi connectivity index (χ0n) is 10.6. The molecule has 1 heterocycles. The largest absolute Gasteiger partial charge is 0.411 e. The van der Waals surface area contributed by atoms with E-state index in [1.165, 1.54) is 0 Å². The standard InChI is InChI=1S/C11H13BrClF3N2O/c1-10(2,3)8-7(12)9(13)18-6(17-8)4-19-5-11(14,15)16/h4-5H2,1-3H3. The lowest BCUT2D eigenvalue weighted by molar-refractivity contribution is -0.177. The van der Waals surface area contributed by atoms with Gasteiger partial charge in [0.05, 0.1) is 10.2 Å². The van der Waals surface area contributed by atoms with Gasteiger partial charge in [-0.3, -0.25) is 0 Å². The van der Waals surface area contributed by atoms with Crippen molar-refractivity contribution in [2.24, 2.45) is 0 Å². The van der Waals surface area contributed by atoms with Crippen molar-refractivity contribution < 1.29 is 17.9 Å². The number of aromatic nitrogens is 2. The molecular weight excluding hydrogens is 348 g/mol. The van der Waals surface area contributed by atoms with E-state index >= 15 is 0 Å². The third-order valence-corrected chi connectivity index (χ3v) is 3.32. The van der Waals surface area contributed by atoms with Gasteiger partial charge in [0.2, 0.25) is 0 Å². The number of hydrogen-bond acceptors (Lipinski definition) is 3. The molecule has 8 heteroatoms. The minimum Gasteiger partial charge on any atom is -0.364 e. The van der Waals surface area contributed by atoms with Gasteiger partial charge in [0.15, 0.2) is 5.82 Å². The Hall–Kier alpha value is -0.400.